The second-order valence-corrected chi connectivity index (χ2v) is 43.5. The first kappa shape index (κ1) is 77.8. The molecule has 4 fully saturated rings. The van der Waals surface area contributed by atoms with Crippen molar-refractivity contribution in [3.05, 3.63) is 378 Å². The molecule has 6 nitrogen and oxygen atoms in total. The smallest absolute Gasteiger partial charge is 0.0753 e. The number of hydrogen-bond acceptors (Lipinski definition) is 6. The highest BCUT2D eigenvalue weighted by molar-refractivity contribution is 6.00. The number of pyridine rings is 6. The van der Waals surface area contributed by atoms with E-state index in [1.807, 2.05) is 0 Å². The molecule has 642 valence electrons. The molecule has 12 bridgehead atoms. The van der Waals surface area contributed by atoms with Gasteiger partial charge in [-0.3, -0.25) is 0 Å². The largest absolute Gasteiger partial charge is 0.247 e. The average Bonchev–Trinajstić information content (AvgIpc) is 1.51. The van der Waals surface area contributed by atoms with E-state index in [1.165, 1.54) is 242 Å². The number of aromatic nitrogens is 6. The Morgan fingerprint density at radius 2 is 0.500 bits per heavy atom. The number of benzene rings is 12. The summed E-state index contributed by atoms with van der Waals surface area (Å²) >= 11 is 0. The van der Waals surface area contributed by atoms with E-state index < -0.39 is 0 Å². The first-order valence-electron chi connectivity index (χ1n) is 49.5. The molecule has 12 aliphatic rings. The zero-order valence-corrected chi connectivity index (χ0v) is 77.3. The number of para-hydroxylation sites is 6. The van der Waals surface area contributed by atoms with Gasteiger partial charge in [-0.15, -0.1) is 0 Å². The summed E-state index contributed by atoms with van der Waals surface area (Å²) < 4.78 is 0. The first-order chi connectivity index (χ1) is 64.3. The van der Waals surface area contributed by atoms with Crippen LogP contribution in [0.4, 0.5) is 0 Å². The van der Waals surface area contributed by atoms with Crippen LogP contribution in [0.15, 0.2) is 267 Å². The maximum Gasteiger partial charge on any atom is 0.0753 e. The zero-order chi connectivity index (χ0) is 88.2. The van der Waals surface area contributed by atoms with E-state index in [2.05, 4.69) is 336 Å². The summed E-state index contributed by atoms with van der Waals surface area (Å²) in [4.78, 5) is 32.8. The van der Waals surface area contributed by atoms with E-state index >= 15 is 0 Å². The summed E-state index contributed by atoms with van der Waals surface area (Å²) in [5.41, 5.74) is 54.1. The molecule has 0 spiro atoms. The van der Waals surface area contributed by atoms with Crippen molar-refractivity contribution in [1.29, 1.82) is 0 Å². The molecule has 12 atom stereocenters. The highest BCUT2D eigenvalue weighted by Crippen LogP contribution is 2.73. The minimum absolute atomic E-state index is 0.124. The second kappa shape index (κ2) is 27.9. The van der Waals surface area contributed by atoms with E-state index in [0.29, 0.717) is 59.2 Å². The maximum atomic E-state index is 5.55. The van der Waals surface area contributed by atoms with E-state index in [9.17, 15) is 0 Å². The van der Waals surface area contributed by atoms with Crippen LogP contribution in [0.3, 0.4) is 0 Å². The SMILES string of the molecule is Cc1cc(-c2nc3ccccc3c3c2C2(C)CCC3C2(C)C)c(C)cc1-c1nc2ccccc2c2c1C1(C)CCC2C1(C)C.Cc1cc(-c2nc3ccccc3c3c2C2CCC3C2)c(C)cc1-c1nc2ccccc2c2c1C1CCC2C1.c1ccc(-c2cc(-c3nc4ccccc4c4c3C3CC4c4ccccc43)cc(-c3nc4ccccc4c4c3C3CC4c4ccccc43)c2)cc1. The molecule has 0 saturated heterocycles. The Bertz CT molecular complexity index is 7710. The van der Waals surface area contributed by atoms with Crippen molar-refractivity contribution in [2.75, 3.05) is 0 Å². The van der Waals surface area contributed by atoms with Crippen LogP contribution in [-0.2, 0) is 10.8 Å². The van der Waals surface area contributed by atoms with Gasteiger partial charge in [0.2, 0.25) is 0 Å². The predicted octanol–water partition coefficient (Wildman–Crippen LogP) is 32.3. The van der Waals surface area contributed by atoms with Gasteiger partial charge in [-0.05, 0) is 352 Å². The summed E-state index contributed by atoms with van der Waals surface area (Å²) in [6, 6.07) is 99.0. The van der Waals surface area contributed by atoms with E-state index in [4.69, 9.17) is 29.9 Å². The normalized spacial score (nSPS) is 24.3. The predicted molar refractivity (Wildman–Crippen MR) is 543 cm³/mol. The molecule has 0 amide bonds. The molecule has 12 aliphatic carbocycles. The van der Waals surface area contributed by atoms with Crippen LogP contribution < -0.4 is 0 Å². The van der Waals surface area contributed by atoms with Crippen LogP contribution in [0.2, 0.25) is 0 Å². The Kier molecular flexibility index (Phi) is 16.4. The third-order valence-electron chi connectivity index (χ3n) is 37.1. The average molecular weight is 1710 g/mol. The van der Waals surface area contributed by atoms with Gasteiger partial charge in [0.15, 0.2) is 0 Å². The molecule has 4 saturated carbocycles. The maximum absolute atomic E-state index is 5.55. The fourth-order valence-electron chi connectivity index (χ4n) is 30.4. The lowest BCUT2D eigenvalue weighted by atomic mass is 9.67. The monoisotopic (exact) mass is 1700 g/mol. The zero-order valence-electron chi connectivity index (χ0n) is 77.3. The van der Waals surface area contributed by atoms with Crippen LogP contribution in [0.1, 0.15) is 289 Å². The lowest BCUT2D eigenvalue weighted by molar-refractivity contribution is 0.231. The molecule has 12 unspecified atom stereocenters. The fourth-order valence-corrected chi connectivity index (χ4v) is 30.4. The highest BCUT2D eigenvalue weighted by Gasteiger charge is 2.63. The van der Waals surface area contributed by atoms with Crippen LogP contribution in [0.5, 0.6) is 0 Å². The Morgan fingerprint density at radius 3 is 0.856 bits per heavy atom. The number of aryl methyl sites for hydroxylation is 4. The van der Waals surface area contributed by atoms with E-state index in [-0.39, 0.29) is 21.7 Å². The van der Waals surface area contributed by atoms with Crippen LogP contribution >= 0.6 is 0 Å². The molecule has 6 aromatic heterocycles. The lowest BCUT2D eigenvalue weighted by Crippen LogP contribution is -2.32. The molecular formula is C126H108N6. The molecule has 6 heteroatoms. The molecule has 18 aromatic rings. The standard InChI is InChI=1S/C48H32N2.C42H44N2.C36H32N2/c1-2-12-27(13-3-1)28-22-29(47-45-39-25-37(31-14-4-6-16-33(31)39)43(45)35-18-8-10-20-41(35)49-47)24-30(23-28)48-46-40-26-38(32-15-5-7-17-34(32)40)44(46)36-19-9-11-21-42(36)50-48;1-23-21-28(38-36-34(26-14-10-12-16-32(26)44-38)30-18-20-42(36,8)40(30,5)6)24(2)22-27(23)37-35-33(25-13-9-11-15-31(25)43-37)29-17-19-41(35,7)39(29,3)4;1-19-15-28(36-34-24-14-12-22(18-24)32(34)26-8-4-6-10-30(26)38-36)20(2)16-27(19)35-33-23-13-11-21(17-23)31(33)25-7-3-5-9-29(25)37-35/h1-24,37-40H,25-26H2;9-16,21-22,29-30H,17-20H2,1-8H3;3-10,15-16,21-24H,11-14,17-18H2,1-2H3. The van der Waals surface area contributed by atoms with Crippen molar-refractivity contribution in [3.63, 3.8) is 0 Å². The summed E-state index contributed by atoms with van der Waals surface area (Å²) in [6.07, 6.45) is 15.2. The molecular weight excluding hydrogens is 1600 g/mol. The third-order valence-corrected chi connectivity index (χ3v) is 37.1. The highest BCUT2D eigenvalue weighted by atomic mass is 14.8. The number of hydrogen-bond donors (Lipinski definition) is 0. The van der Waals surface area contributed by atoms with E-state index in [1.54, 1.807) is 33.4 Å². The molecule has 30 rings (SSSR count). The second-order valence-electron chi connectivity index (χ2n) is 43.5. The van der Waals surface area contributed by atoms with Crippen LogP contribution in [0.25, 0.3) is 144 Å². The van der Waals surface area contributed by atoms with Crippen molar-refractivity contribution in [3.8, 4) is 78.7 Å². The number of fused-ring (bicyclic) bond motifs is 48. The van der Waals surface area contributed by atoms with Crippen LogP contribution in [-0.4, -0.2) is 29.9 Å². The minimum Gasteiger partial charge on any atom is -0.247 e. The summed E-state index contributed by atoms with van der Waals surface area (Å²) in [5, 5.41) is 8.10. The Hall–Kier alpha value is -12.9. The van der Waals surface area contributed by atoms with E-state index in [0.717, 1.165) is 57.3 Å². The molecule has 0 aliphatic heterocycles. The Labute approximate surface area is 774 Å². The summed E-state index contributed by atoms with van der Waals surface area (Å²) in [7, 11) is 0. The van der Waals surface area contributed by atoms with Gasteiger partial charge in [-0.1, -0.05) is 230 Å². The summed E-state index contributed by atoms with van der Waals surface area (Å²) in [6.45, 7) is 24.3. The van der Waals surface area contributed by atoms with Crippen molar-refractivity contribution < 1.29 is 0 Å². The van der Waals surface area contributed by atoms with Crippen molar-refractivity contribution >= 4 is 65.4 Å². The Balaban J connectivity index is 0.000000100. The topological polar surface area (TPSA) is 77.3 Å². The van der Waals surface area contributed by atoms with Crippen LogP contribution in [0, 0.1) is 38.5 Å². The van der Waals surface area contributed by atoms with Gasteiger partial charge in [0.25, 0.3) is 0 Å². The number of rotatable bonds is 7. The molecule has 132 heavy (non-hydrogen) atoms. The fraction of sp³-hybridized carbons (Fsp3) is 0.286. The Morgan fingerprint density at radius 1 is 0.227 bits per heavy atom. The van der Waals surface area contributed by atoms with Gasteiger partial charge >= 0.3 is 0 Å². The van der Waals surface area contributed by atoms with Gasteiger partial charge in [0, 0.05) is 100 Å². The van der Waals surface area contributed by atoms with Gasteiger partial charge in [-0.2, -0.15) is 0 Å². The first-order valence-corrected chi connectivity index (χ1v) is 49.5. The van der Waals surface area contributed by atoms with Crippen molar-refractivity contribution in [1.82, 2.24) is 29.9 Å². The van der Waals surface area contributed by atoms with Gasteiger partial charge in [-0.25, -0.2) is 29.9 Å². The minimum atomic E-state index is 0.124. The van der Waals surface area contributed by atoms with Gasteiger partial charge in [0.1, 0.15) is 0 Å². The third kappa shape index (κ3) is 10.5. The quantitative estimate of drug-likeness (QED) is 0.158. The number of nitrogens with zero attached hydrogens (tertiary/aromatic N) is 6. The summed E-state index contributed by atoms with van der Waals surface area (Å²) in [5.74, 6) is 5.47. The molecule has 12 aromatic carbocycles. The van der Waals surface area contributed by atoms with Crippen molar-refractivity contribution in [2.24, 2.45) is 10.8 Å². The lowest BCUT2D eigenvalue weighted by Gasteiger charge is -2.36. The molecule has 6 heterocycles. The molecule has 0 radical (unpaired) electrons. The van der Waals surface area contributed by atoms with Gasteiger partial charge in [0.05, 0.1) is 67.3 Å². The van der Waals surface area contributed by atoms with Crippen molar-refractivity contribution in [2.45, 2.75) is 216 Å². The van der Waals surface area contributed by atoms with Gasteiger partial charge < -0.3 is 0 Å². The molecule has 0 N–H and O–H groups in total.